The van der Waals surface area contributed by atoms with Crippen LogP contribution in [0.25, 0.3) is 0 Å². The van der Waals surface area contributed by atoms with Gasteiger partial charge in [0, 0.05) is 24.3 Å². The van der Waals surface area contributed by atoms with Gasteiger partial charge in [0.25, 0.3) is 5.91 Å². The highest BCUT2D eigenvalue weighted by molar-refractivity contribution is 5.95. The van der Waals surface area contributed by atoms with Gasteiger partial charge in [-0.05, 0) is 19.1 Å². The van der Waals surface area contributed by atoms with Gasteiger partial charge in [-0.3, -0.25) is 4.79 Å². The molecule has 1 amide bonds. The van der Waals surface area contributed by atoms with Crippen LogP contribution in [0.1, 0.15) is 5.56 Å². The maximum absolute atomic E-state index is 13.3. The first-order valence-electron chi connectivity index (χ1n) is 5.57. The van der Waals surface area contributed by atoms with E-state index in [9.17, 15) is 9.18 Å². The van der Waals surface area contributed by atoms with Crippen LogP contribution in [0.2, 0.25) is 0 Å². The number of hydrogen-bond donors (Lipinski definition) is 2. The van der Waals surface area contributed by atoms with Crippen LogP contribution in [0, 0.1) is 12.7 Å². The lowest BCUT2D eigenvalue weighted by Crippen LogP contribution is -2.45. The predicted octanol–water partition coefficient (Wildman–Crippen LogP) is 1.48. The van der Waals surface area contributed by atoms with Crippen molar-refractivity contribution >= 4 is 24.0 Å². The minimum Gasteiger partial charge on any atom is -0.366 e. The average molecular weight is 275 g/mol. The number of hydrogen-bond acceptors (Lipinski definition) is 3. The number of rotatable bonds is 2. The molecule has 0 spiro atoms. The van der Waals surface area contributed by atoms with E-state index in [1.807, 2.05) is 0 Å². The molecule has 1 aromatic rings. The Bertz CT molecular complexity index is 423. The maximum atomic E-state index is 13.3. The monoisotopic (exact) mass is 274 g/mol. The van der Waals surface area contributed by atoms with Crippen LogP contribution in [0.15, 0.2) is 18.2 Å². The Labute approximate surface area is 111 Å². The molecule has 1 unspecified atom stereocenters. The smallest absolute Gasteiger partial charge is 0.254 e. The van der Waals surface area contributed by atoms with E-state index in [0.29, 0.717) is 24.4 Å². The summed E-state index contributed by atoms with van der Waals surface area (Å²) in [7, 11) is 0. The lowest BCUT2D eigenvalue weighted by atomic mass is 10.2. The van der Waals surface area contributed by atoms with Crippen molar-refractivity contribution in [2.75, 3.05) is 25.0 Å². The van der Waals surface area contributed by atoms with E-state index >= 15 is 0 Å². The first kappa shape index (κ1) is 14.9. The molecule has 100 valence electrons. The zero-order valence-electron chi connectivity index (χ0n) is 10.0. The molecule has 1 fully saturated rings. The Balaban J connectivity index is 0.00000162. The zero-order chi connectivity index (χ0) is 12.3. The summed E-state index contributed by atoms with van der Waals surface area (Å²) < 4.78 is 18.6. The molecule has 1 aliphatic heterocycles. The van der Waals surface area contributed by atoms with Crippen molar-refractivity contribution in [3.05, 3.63) is 29.6 Å². The third-order valence-electron chi connectivity index (χ3n) is 2.75. The van der Waals surface area contributed by atoms with Gasteiger partial charge in [0.15, 0.2) is 0 Å². The fourth-order valence-electron chi connectivity index (χ4n) is 1.69. The van der Waals surface area contributed by atoms with Gasteiger partial charge in [0.05, 0.1) is 6.61 Å². The zero-order valence-corrected chi connectivity index (χ0v) is 10.8. The van der Waals surface area contributed by atoms with E-state index in [1.165, 1.54) is 6.07 Å². The molecule has 0 aliphatic carbocycles. The number of benzene rings is 1. The lowest BCUT2D eigenvalue weighted by molar-refractivity contribution is -0.128. The van der Waals surface area contributed by atoms with E-state index in [0.717, 1.165) is 6.54 Å². The van der Waals surface area contributed by atoms with Crippen molar-refractivity contribution in [1.82, 2.24) is 5.32 Å². The molecule has 4 nitrogen and oxygen atoms in total. The van der Waals surface area contributed by atoms with E-state index < -0.39 is 6.10 Å². The van der Waals surface area contributed by atoms with Crippen molar-refractivity contribution in [3.63, 3.8) is 0 Å². The molecule has 18 heavy (non-hydrogen) atoms. The SMILES string of the molecule is Cc1c(F)cccc1NC(=O)C1CNCCO1.Cl. The van der Waals surface area contributed by atoms with Crippen molar-refractivity contribution in [1.29, 1.82) is 0 Å². The number of carbonyl (C=O) groups is 1. The summed E-state index contributed by atoms with van der Waals surface area (Å²) in [6, 6.07) is 4.61. The van der Waals surface area contributed by atoms with Gasteiger partial charge in [-0.15, -0.1) is 12.4 Å². The second-order valence-electron chi connectivity index (χ2n) is 3.97. The highest BCUT2D eigenvalue weighted by Gasteiger charge is 2.22. The summed E-state index contributed by atoms with van der Waals surface area (Å²) in [6.07, 6.45) is -0.508. The van der Waals surface area contributed by atoms with E-state index in [1.54, 1.807) is 19.1 Å². The molecule has 0 aromatic heterocycles. The van der Waals surface area contributed by atoms with Gasteiger partial charge in [-0.2, -0.15) is 0 Å². The molecule has 1 aliphatic rings. The number of ether oxygens (including phenoxy) is 1. The standard InChI is InChI=1S/C12H15FN2O2.ClH/c1-8-9(13)3-2-4-10(8)15-12(16)11-7-14-5-6-17-11;/h2-4,11,14H,5-7H2,1H3,(H,15,16);1H. The highest BCUT2D eigenvalue weighted by atomic mass is 35.5. The van der Waals surface area contributed by atoms with Gasteiger partial charge >= 0.3 is 0 Å². The van der Waals surface area contributed by atoms with Gasteiger partial charge in [0.2, 0.25) is 0 Å². The second kappa shape index (κ2) is 6.68. The van der Waals surface area contributed by atoms with Crippen molar-refractivity contribution < 1.29 is 13.9 Å². The first-order valence-corrected chi connectivity index (χ1v) is 5.57. The molecule has 2 N–H and O–H groups in total. The van der Waals surface area contributed by atoms with Crippen LogP contribution in [0.5, 0.6) is 0 Å². The molecule has 1 atom stereocenters. The number of halogens is 2. The quantitative estimate of drug-likeness (QED) is 0.859. The Morgan fingerprint density at radius 3 is 3.00 bits per heavy atom. The number of nitrogens with one attached hydrogen (secondary N) is 2. The van der Waals surface area contributed by atoms with Crippen molar-refractivity contribution in [2.45, 2.75) is 13.0 Å². The maximum Gasteiger partial charge on any atom is 0.254 e. The summed E-state index contributed by atoms with van der Waals surface area (Å²) >= 11 is 0. The highest BCUT2D eigenvalue weighted by Crippen LogP contribution is 2.17. The van der Waals surface area contributed by atoms with Crippen molar-refractivity contribution in [3.8, 4) is 0 Å². The normalized spacial score (nSPS) is 18.9. The molecule has 2 rings (SSSR count). The minimum absolute atomic E-state index is 0. The molecule has 1 aromatic carbocycles. The minimum atomic E-state index is -0.508. The van der Waals surface area contributed by atoms with Crippen molar-refractivity contribution in [2.24, 2.45) is 0 Å². The Kier molecular flexibility index (Phi) is 5.53. The summed E-state index contributed by atoms with van der Waals surface area (Å²) in [6.45, 7) is 3.38. The fourth-order valence-corrected chi connectivity index (χ4v) is 1.69. The molecule has 0 saturated carbocycles. The molecule has 1 saturated heterocycles. The molecule has 0 radical (unpaired) electrons. The van der Waals surface area contributed by atoms with Crippen LogP contribution >= 0.6 is 12.4 Å². The van der Waals surface area contributed by atoms with Gasteiger partial charge < -0.3 is 15.4 Å². The fraction of sp³-hybridized carbons (Fsp3) is 0.417. The van der Waals surface area contributed by atoms with Crippen LogP contribution in [-0.2, 0) is 9.53 Å². The Morgan fingerprint density at radius 1 is 1.56 bits per heavy atom. The van der Waals surface area contributed by atoms with Gasteiger partial charge in [0.1, 0.15) is 11.9 Å². The first-order chi connectivity index (χ1) is 8.18. The molecule has 6 heteroatoms. The second-order valence-corrected chi connectivity index (χ2v) is 3.97. The number of amides is 1. The molecular weight excluding hydrogens is 259 g/mol. The number of anilines is 1. The summed E-state index contributed by atoms with van der Waals surface area (Å²) in [5, 5.41) is 5.74. The van der Waals surface area contributed by atoms with Gasteiger partial charge in [-0.25, -0.2) is 4.39 Å². The Hall–Kier alpha value is -1.17. The van der Waals surface area contributed by atoms with E-state index in [-0.39, 0.29) is 24.1 Å². The van der Waals surface area contributed by atoms with Crippen LogP contribution < -0.4 is 10.6 Å². The molecule has 0 bridgehead atoms. The molecular formula is C12H16ClFN2O2. The summed E-state index contributed by atoms with van der Waals surface area (Å²) in [4.78, 5) is 11.8. The van der Waals surface area contributed by atoms with Gasteiger partial charge in [-0.1, -0.05) is 6.07 Å². The van der Waals surface area contributed by atoms with Crippen LogP contribution in [-0.4, -0.2) is 31.7 Å². The Morgan fingerprint density at radius 2 is 2.33 bits per heavy atom. The number of carbonyl (C=O) groups excluding carboxylic acids is 1. The topological polar surface area (TPSA) is 50.4 Å². The third-order valence-corrected chi connectivity index (χ3v) is 2.75. The number of morpholine rings is 1. The third kappa shape index (κ3) is 3.41. The van der Waals surface area contributed by atoms with E-state index in [4.69, 9.17) is 4.74 Å². The summed E-state index contributed by atoms with van der Waals surface area (Å²) in [5.74, 6) is -0.573. The average Bonchev–Trinajstić information content (AvgIpc) is 2.36. The predicted molar refractivity (Wildman–Crippen MR) is 69.6 cm³/mol. The molecule has 1 heterocycles. The summed E-state index contributed by atoms with van der Waals surface area (Å²) in [5.41, 5.74) is 0.925. The largest absolute Gasteiger partial charge is 0.366 e. The van der Waals surface area contributed by atoms with Crippen LogP contribution in [0.3, 0.4) is 0 Å². The van der Waals surface area contributed by atoms with E-state index in [2.05, 4.69) is 10.6 Å². The van der Waals surface area contributed by atoms with Crippen LogP contribution in [0.4, 0.5) is 10.1 Å². The lowest BCUT2D eigenvalue weighted by Gasteiger charge is -2.23.